The van der Waals surface area contributed by atoms with Crippen molar-refractivity contribution in [3.8, 4) is 0 Å². The number of hydrogen-bond acceptors (Lipinski definition) is 4. The quantitative estimate of drug-likeness (QED) is 0.654. The molecule has 0 amide bonds. The summed E-state index contributed by atoms with van der Waals surface area (Å²) >= 11 is 0. The van der Waals surface area contributed by atoms with Gasteiger partial charge in [-0.1, -0.05) is 26.7 Å². The Bertz CT molecular complexity index is 223. The first kappa shape index (κ1) is 13.0. The fourth-order valence-corrected chi connectivity index (χ4v) is 1.66. The van der Waals surface area contributed by atoms with Crippen LogP contribution in [0.5, 0.6) is 0 Å². The Labute approximate surface area is 96.3 Å². The summed E-state index contributed by atoms with van der Waals surface area (Å²) < 4.78 is 10.2. The van der Waals surface area contributed by atoms with E-state index in [2.05, 4.69) is 0 Å². The second-order valence-corrected chi connectivity index (χ2v) is 4.14. The number of rotatable bonds is 6. The highest BCUT2D eigenvalue weighted by Gasteiger charge is 2.37. The first-order valence-corrected chi connectivity index (χ1v) is 6.10. The molecule has 92 valence electrons. The third-order valence-electron chi connectivity index (χ3n) is 2.68. The lowest BCUT2D eigenvalue weighted by atomic mass is 10.1. The van der Waals surface area contributed by atoms with E-state index in [0.717, 1.165) is 25.7 Å². The standard InChI is InChI=1S/C12H20O4/c1-3-5-7-9-11(13)16-10(8-6-4-2)12(14)15-9/h9-10H,3-8H2,1-2H3/t9-,10-/m0/s1. The molecule has 4 heteroatoms. The second kappa shape index (κ2) is 6.51. The molecule has 0 aromatic rings. The largest absolute Gasteiger partial charge is 0.448 e. The Kier molecular flexibility index (Phi) is 5.29. The van der Waals surface area contributed by atoms with Gasteiger partial charge < -0.3 is 9.47 Å². The lowest BCUT2D eigenvalue weighted by molar-refractivity contribution is -0.195. The van der Waals surface area contributed by atoms with Gasteiger partial charge in [0.15, 0.2) is 12.2 Å². The molecular formula is C12H20O4. The number of carbonyl (C=O) groups excluding carboxylic acids is 2. The normalized spacial score (nSPS) is 25.1. The molecule has 1 saturated heterocycles. The van der Waals surface area contributed by atoms with E-state index in [0.29, 0.717) is 12.8 Å². The minimum absolute atomic E-state index is 0.380. The summed E-state index contributed by atoms with van der Waals surface area (Å²) in [5.41, 5.74) is 0. The number of carbonyl (C=O) groups is 2. The lowest BCUT2D eigenvalue weighted by Gasteiger charge is -2.27. The van der Waals surface area contributed by atoms with Crippen LogP contribution in [-0.4, -0.2) is 24.1 Å². The van der Waals surface area contributed by atoms with E-state index in [-0.39, 0.29) is 11.9 Å². The number of cyclic esters (lactones) is 2. The van der Waals surface area contributed by atoms with E-state index in [4.69, 9.17) is 9.47 Å². The van der Waals surface area contributed by atoms with Gasteiger partial charge >= 0.3 is 11.9 Å². The Morgan fingerprint density at radius 2 is 1.25 bits per heavy atom. The molecule has 1 aliphatic rings. The summed E-state index contributed by atoms with van der Waals surface area (Å²) in [5, 5.41) is 0. The average Bonchev–Trinajstić information content (AvgIpc) is 2.28. The SMILES string of the molecule is CCCC[C@@H]1OC(=O)[C@H](CCCC)OC1=O. The summed E-state index contributed by atoms with van der Waals surface area (Å²) in [6.07, 6.45) is 3.47. The van der Waals surface area contributed by atoms with E-state index in [1.54, 1.807) is 0 Å². The second-order valence-electron chi connectivity index (χ2n) is 4.14. The molecule has 0 radical (unpaired) electrons. The molecule has 1 aliphatic heterocycles. The van der Waals surface area contributed by atoms with E-state index >= 15 is 0 Å². The van der Waals surface area contributed by atoms with Crippen molar-refractivity contribution in [1.82, 2.24) is 0 Å². The van der Waals surface area contributed by atoms with Crippen LogP contribution in [0.4, 0.5) is 0 Å². The molecule has 0 spiro atoms. The van der Waals surface area contributed by atoms with Crippen LogP contribution < -0.4 is 0 Å². The van der Waals surface area contributed by atoms with Crippen molar-refractivity contribution in [3.63, 3.8) is 0 Å². The van der Waals surface area contributed by atoms with Crippen molar-refractivity contribution < 1.29 is 19.1 Å². The van der Waals surface area contributed by atoms with Crippen LogP contribution >= 0.6 is 0 Å². The van der Waals surface area contributed by atoms with Crippen LogP contribution in [0, 0.1) is 0 Å². The predicted octanol–water partition coefficient (Wildman–Crippen LogP) is 2.20. The van der Waals surface area contributed by atoms with Crippen molar-refractivity contribution in [2.75, 3.05) is 0 Å². The average molecular weight is 228 g/mol. The summed E-state index contributed by atoms with van der Waals surface area (Å²) in [6, 6.07) is 0. The molecule has 0 aromatic heterocycles. The van der Waals surface area contributed by atoms with Crippen molar-refractivity contribution in [2.45, 2.75) is 64.6 Å². The zero-order chi connectivity index (χ0) is 12.0. The minimum Gasteiger partial charge on any atom is -0.448 e. The monoisotopic (exact) mass is 228 g/mol. The lowest BCUT2D eigenvalue weighted by Crippen LogP contribution is -2.43. The summed E-state index contributed by atoms with van der Waals surface area (Å²) in [5.74, 6) is -0.761. The first-order chi connectivity index (χ1) is 7.69. The number of ether oxygens (including phenoxy) is 2. The zero-order valence-electron chi connectivity index (χ0n) is 10.0. The molecule has 2 atom stereocenters. The Morgan fingerprint density at radius 3 is 1.56 bits per heavy atom. The van der Waals surface area contributed by atoms with E-state index < -0.39 is 12.2 Å². The predicted molar refractivity (Wildman–Crippen MR) is 58.8 cm³/mol. The van der Waals surface area contributed by atoms with Gasteiger partial charge in [-0.15, -0.1) is 0 Å². The van der Waals surface area contributed by atoms with Gasteiger partial charge in [0, 0.05) is 0 Å². The van der Waals surface area contributed by atoms with Gasteiger partial charge in [0.05, 0.1) is 0 Å². The molecule has 4 nitrogen and oxygen atoms in total. The van der Waals surface area contributed by atoms with Crippen LogP contribution in [0.2, 0.25) is 0 Å². The smallest absolute Gasteiger partial charge is 0.348 e. The van der Waals surface area contributed by atoms with E-state index in [1.165, 1.54) is 0 Å². The molecule has 16 heavy (non-hydrogen) atoms. The van der Waals surface area contributed by atoms with E-state index in [1.807, 2.05) is 13.8 Å². The number of esters is 2. The van der Waals surface area contributed by atoms with Crippen molar-refractivity contribution >= 4 is 11.9 Å². The molecule has 0 saturated carbocycles. The summed E-state index contributed by atoms with van der Waals surface area (Å²) in [4.78, 5) is 23.0. The minimum atomic E-state index is -0.676. The third-order valence-corrected chi connectivity index (χ3v) is 2.68. The van der Waals surface area contributed by atoms with Crippen LogP contribution in [0.25, 0.3) is 0 Å². The molecule has 0 aromatic carbocycles. The molecule has 1 rings (SSSR count). The van der Waals surface area contributed by atoms with Gasteiger partial charge in [0.2, 0.25) is 0 Å². The maximum absolute atomic E-state index is 11.5. The Hall–Kier alpha value is -1.06. The van der Waals surface area contributed by atoms with Crippen LogP contribution in [0.3, 0.4) is 0 Å². The van der Waals surface area contributed by atoms with E-state index in [9.17, 15) is 9.59 Å². The summed E-state index contributed by atoms with van der Waals surface area (Å²) in [7, 11) is 0. The molecular weight excluding hydrogens is 208 g/mol. The maximum Gasteiger partial charge on any atom is 0.348 e. The fraction of sp³-hybridized carbons (Fsp3) is 0.833. The highest BCUT2D eigenvalue weighted by atomic mass is 16.6. The van der Waals surface area contributed by atoms with Crippen LogP contribution in [0.15, 0.2) is 0 Å². The van der Waals surface area contributed by atoms with Crippen LogP contribution in [-0.2, 0) is 19.1 Å². The van der Waals surface area contributed by atoms with Gasteiger partial charge in [0.25, 0.3) is 0 Å². The summed E-state index contributed by atoms with van der Waals surface area (Å²) in [6.45, 7) is 4.06. The molecule has 0 bridgehead atoms. The van der Waals surface area contributed by atoms with Gasteiger partial charge in [-0.05, 0) is 25.7 Å². The van der Waals surface area contributed by atoms with Crippen molar-refractivity contribution in [1.29, 1.82) is 0 Å². The number of hydrogen-bond donors (Lipinski definition) is 0. The first-order valence-electron chi connectivity index (χ1n) is 6.10. The van der Waals surface area contributed by atoms with Gasteiger partial charge in [-0.2, -0.15) is 0 Å². The van der Waals surface area contributed by atoms with Gasteiger partial charge in [-0.3, -0.25) is 0 Å². The highest BCUT2D eigenvalue weighted by molar-refractivity contribution is 5.87. The van der Waals surface area contributed by atoms with Gasteiger partial charge in [-0.25, -0.2) is 9.59 Å². The topological polar surface area (TPSA) is 52.6 Å². The fourth-order valence-electron chi connectivity index (χ4n) is 1.66. The number of unbranched alkanes of at least 4 members (excludes halogenated alkanes) is 2. The molecule has 1 heterocycles. The van der Waals surface area contributed by atoms with Crippen molar-refractivity contribution in [2.24, 2.45) is 0 Å². The van der Waals surface area contributed by atoms with Crippen LogP contribution in [0.1, 0.15) is 52.4 Å². The molecule has 0 unspecified atom stereocenters. The Balaban J connectivity index is 2.43. The molecule has 0 aliphatic carbocycles. The van der Waals surface area contributed by atoms with Crippen molar-refractivity contribution in [3.05, 3.63) is 0 Å². The maximum atomic E-state index is 11.5. The molecule has 0 N–H and O–H groups in total. The van der Waals surface area contributed by atoms with Gasteiger partial charge in [0.1, 0.15) is 0 Å². The highest BCUT2D eigenvalue weighted by Crippen LogP contribution is 2.18. The third kappa shape index (κ3) is 3.51. The molecule has 1 fully saturated rings. The Morgan fingerprint density at radius 1 is 0.875 bits per heavy atom. The zero-order valence-corrected chi connectivity index (χ0v) is 10.0.